The summed E-state index contributed by atoms with van der Waals surface area (Å²) in [5.74, 6) is -1.79. The topological polar surface area (TPSA) is 20.7 Å². The van der Waals surface area contributed by atoms with E-state index >= 15 is 0 Å². The normalized spacial score (nSPS) is 11.1. The van der Waals surface area contributed by atoms with Gasteiger partial charge in [-0.3, -0.25) is 4.57 Å². The van der Waals surface area contributed by atoms with E-state index in [0.717, 1.165) is 22.7 Å². The van der Waals surface area contributed by atoms with E-state index in [9.17, 15) is 8.78 Å². The Hall–Kier alpha value is -2.01. The third kappa shape index (κ3) is 1.86. The number of aromatic amines is 1. The molecule has 0 spiro atoms. The number of fused-ring (bicyclic) bond motifs is 1. The van der Waals surface area contributed by atoms with Crippen molar-refractivity contribution in [2.45, 2.75) is 6.92 Å². The van der Waals surface area contributed by atoms with Crippen LogP contribution in [0.3, 0.4) is 0 Å². The molecule has 0 saturated heterocycles. The van der Waals surface area contributed by atoms with E-state index in [2.05, 4.69) is 4.98 Å². The van der Waals surface area contributed by atoms with Gasteiger partial charge < -0.3 is 4.98 Å². The Balaban J connectivity index is 2.42. The molecule has 5 heteroatoms. The molecule has 0 radical (unpaired) electrons. The number of hydrogen-bond acceptors (Lipinski definition) is 1. The summed E-state index contributed by atoms with van der Waals surface area (Å²) < 4.78 is 29.1. The minimum atomic E-state index is -0.902. The Labute approximate surface area is 113 Å². The molecule has 0 fully saturated rings. The number of halogens is 2. The monoisotopic (exact) mass is 276 g/mol. The molecule has 2 nitrogen and oxygen atoms in total. The molecule has 3 rings (SSSR count). The smallest absolute Gasteiger partial charge is 0.182 e. The van der Waals surface area contributed by atoms with Gasteiger partial charge in [-0.1, -0.05) is 12.1 Å². The molecule has 19 heavy (non-hydrogen) atoms. The second-order valence-electron chi connectivity index (χ2n) is 4.36. The Kier molecular flexibility index (Phi) is 2.71. The van der Waals surface area contributed by atoms with E-state index < -0.39 is 11.6 Å². The largest absolute Gasteiger partial charge is 0.330 e. The molecule has 0 aliphatic heterocycles. The summed E-state index contributed by atoms with van der Waals surface area (Å²) >= 11 is 5.20. The molecule has 0 saturated carbocycles. The highest BCUT2D eigenvalue weighted by atomic mass is 32.1. The van der Waals surface area contributed by atoms with Crippen molar-refractivity contribution in [3.63, 3.8) is 0 Å². The second kappa shape index (κ2) is 4.28. The van der Waals surface area contributed by atoms with Crippen molar-refractivity contribution >= 4 is 23.3 Å². The first-order chi connectivity index (χ1) is 9.08. The predicted molar refractivity (Wildman–Crippen MR) is 73.1 cm³/mol. The van der Waals surface area contributed by atoms with Crippen molar-refractivity contribution < 1.29 is 8.78 Å². The molecular weight excluding hydrogens is 266 g/mol. The lowest BCUT2D eigenvalue weighted by Crippen LogP contribution is -2.00. The number of nitrogens with zero attached hydrogens (tertiary/aromatic N) is 1. The van der Waals surface area contributed by atoms with Gasteiger partial charge in [-0.15, -0.1) is 0 Å². The molecule has 0 unspecified atom stereocenters. The summed E-state index contributed by atoms with van der Waals surface area (Å²) in [4.78, 5) is 2.99. The van der Waals surface area contributed by atoms with E-state index in [1.807, 2.05) is 25.1 Å². The van der Waals surface area contributed by atoms with Crippen molar-refractivity contribution in [1.82, 2.24) is 9.55 Å². The maximum absolute atomic E-state index is 13.9. The highest BCUT2D eigenvalue weighted by Crippen LogP contribution is 2.23. The van der Waals surface area contributed by atoms with Gasteiger partial charge in [-0.25, -0.2) is 8.78 Å². The Bertz CT molecular complexity index is 833. The first-order valence-electron chi connectivity index (χ1n) is 5.73. The van der Waals surface area contributed by atoms with E-state index in [1.165, 1.54) is 16.7 Å². The summed E-state index contributed by atoms with van der Waals surface area (Å²) in [6, 6.07) is 9.73. The number of benzene rings is 2. The summed E-state index contributed by atoms with van der Waals surface area (Å²) in [7, 11) is 0. The van der Waals surface area contributed by atoms with Gasteiger partial charge in [0.2, 0.25) is 0 Å². The average Bonchev–Trinajstić information content (AvgIpc) is 2.69. The fraction of sp³-hybridized carbons (Fsp3) is 0.0714. The zero-order valence-electron chi connectivity index (χ0n) is 10.1. The molecule has 0 aliphatic rings. The number of aryl methyl sites for hydroxylation is 1. The number of H-pyrrole nitrogens is 1. The van der Waals surface area contributed by atoms with Crippen LogP contribution in [0.5, 0.6) is 0 Å². The molecule has 96 valence electrons. The van der Waals surface area contributed by atoms with Crippen LogP contribution in [0.15, 0.2) is 36.4 Å². The summed E-state index contributed by atoms with van der Waals surface area (Å²) in [5, 5.41) is 0. The quantitative estimate of drug-likeness (QED) is 0.658. The van der Waals surface area contributed by atoms with Crippen LogP contribution < -0.4 is 0 Å². The lowest BCUT2D eigenvalue weighted by atomic mass is 10.2. The highest BCUT2D eigenvalue weighted by molar-refractivity contribution is 7.71. The van der Waals surface area contributed by atoms with Gasteiger partial charge in [-0.2, -0.15) is 0 Å². The first kappa shape index (κ1) is 12.0. The number of nitrogens with one attached hydrogen (secondary N) is 1. The third-order valence-electron chi connectivity index (χ3n) is 3.01. The summed E-state index contributed by atoms with van der Waals surface area (Å²) in [5.41, 5.74) is 2.66. The molecular formula is C14H10F2N2S. The zero-order chi connectivity index (χ0) is 13.6. The number of aromatic nitrogens is 2. The van der Waals surface area contributed by atoms with Crippen molar-refractivity contribution in [2.75, 3.05) is 0 Å². The van der Waals surface area contributed by atoms with E-state index in [1.54, 1.807) is 0 Å². The molecule has 0 bridgehead atoms. The Morgan fingerprint density at radius 2 is 1.95 bits per heavy atom. The minimum Gasteiger partial charge on any atom is -0.330 e. The molecule has 3 aromatic rings. The molecule has 1 aromatic heterocycles. The van der Waals surface area contributed by atoms with Crippen LogP contribution in [0, 0.1) is 23.3 Å². The average molecular weight is 276 g/mol. The fourth-order valence-electron chi connectivity index (χ4n) is 2.12. The van der Waals surface area contributed by atoms with Gasteiger partial charge in [0, 0.05) is 0 Å². The maximum Gasteiger partial charge on any atom is 0.182 e. The fourth-order valence-corrected chi connectivity index (χ4v) is 2.42. The zero-order valence-corrected chi connectivity index (χ0v) is 10.9. The standard InChI is InChI=1S/C14H10F2N2S/c1-8-5-6-10-12(7-8)18(14(19)17-10)11-4-2-3-9(15)13(11)16/h2-7H,1H3,(H,17,19). The third-order valence-corrected chi connectivity index (χ3v) is 3.30. The van der Waals surface area contributed by atoms with Gasteiger partial charge in [0.25, 0.3) is 0 Å². The molecule has 1 N–H and O–H groups in total. The molecule has 0 aliphatic carbocycles. The van der Waals surface area contributed by atoms with Crippen molar-refractivity contribution in [3.05, 3.63) is 58.4 Å². The van der Waals surface area contributed by atoms with Crippen molar-refractivity contribution in [2.24, 2.45) is 0 Å². The lowest BCUT2D eigenvalue weighted by molar-refractivity contribution is 0.504. The first-order valence-corrected chi connectivity index (χ1v) is 6.14. The molecule has 1 heterocycles. The Morgan fingerprint density at radius 3 is 2.74 bits per heavy atom. The van der Waals surface area contributed by atoms with E-state index in [-0.39, 0.29) is 5.69 Å². The van der Waals surface area contributed by atoms with E-state index in [0.29, 0.717) is 4.77 Å². The number of hydrogen-bond donors (Lipinski definition) is 1. The lowest BCUT2D eigenvalue weighted by Gasteiger charge is -2.06. The molecule has 2 aromatic carbocycles. The second-order valence-corrected chi connectivity index (χ2v) is 4.75. The van der Waals surface area contributed by atoms with Crippen LogP contribution in [0.25, 0.3) is 16.7 Å². The SMILES string of the molecule is Cc1ccc2[nH]c(=S)n(-c3cccc(F)c3F)c2c1. The van der Waals surface area contributed by atoms with Crippen molar-refractivity contribution in [1.29, 1.82) is 0 Å². The van der Waals surface area contributed by atoms with Gasteiger partial charge in [0.15, 0.2) is 16.4 Å². The number of rotatable bonds is 1. The van der Waals surface area contributed by atoms with Crippen LogP contribution in [0.4, 0.5) is 8.78 Å². The van der Waals surface area contributed by atoms with Gasteiger partial charge >= 0.3 is 0 Å². The predicted octanol–water partition coefficient (Wildman–Crippen LogP) is 4.27. The van der Waals surface area contributed by atoms with Crippen LogP contribution in [0.2, 0.25) is 0 Å². The summed E-state index contributed by atoms with van der Waals surface area (Å²) in [6.07, 6.45) is 0. The van der Waals surface area contributed by atoms with Crippen LogP contribution >= 0.6 is 12.2 Å². The highest BCUT2D eigenvalue weighted by Gasteiger charge is 2.13. The molecule has 0 amide bonds. The van der Waals surface area contributed by atoms with Crippen LogP contribution in [0.1, 0.15) is 5.56 Å². The summed E-state index contributed by atoms with van der Waals surface area (Å²) in [6.45, 7) is 1.93. The van der Waals surface area contributed by atoms with Crippen LogP contribution in [-0.2, 0) is 0 Å². The van der Waals surface area contributed by atoms with Gasteiger partial charge in [0.1, 0.15) is 0 Å². The maximum atomic E-state index is 13.9. The Morgan fingerprint density at radius 1 is 1.16 bits per heavy atom. The van der Waals surface area contributed by atoms with Gasteiger partial charge in [0.05, 0.1) is 16.7 Å². The van der Waals surface area contributed by atoms with Crippen LogP contribution in [-0.4, -0.2) is 9.55 Å². The molecule has 0 atom stereocenters. The van der Waals surface area contributed by atoms with Crippen molar-refractivity contribution in [3.8, 4) is 5.69 Å². The minimum absolute atomic E-state index is 0.113. The van der Waals surface area contributed by atoms with E-state index in [4.69, 9.17) is 12.2 Å². The van der Waals surface area contributed by atoms with Gasteiger partial charge in [-0.05, 0) is 49.0 Å². The number of imidazole rings is 1.